The van der Waals surface area contributed by atoms with Crippen molar-refractivity contribution in [3.63, 3.8) is 0 Å². The van der Waals surface area contributed by atoms with Crippen LogP contribution in [0, 0.1) is 17.7 Å². The molecule has 4 atom stereocenters. The standard InChI is InChI=1S/C21H31FN2/c22-18-7-5-15(6-8-18)11-16-12-19-9-10-20(13-16)24(19)14-17-3-1-2-4-21(17)23/h5-8,16-17,19-21H,1-4,9-14,23H2/t16?,17-,19?,20?,21+/m0/s1. The van der Waals surface area contributed by atoms with E-state index in [1.54, 1.807) is 12.1 Å². The van der Waals surface area contributed by atoms with Crippen molar-refractivity contribution in [2.24, 2.45) is 17.6 Å². The molecule has 2 aliphatic heterocycles. The third kappa shape index (κ3) is 3.52. The molecule has 1 aliphatic carbocycles. The molecule has 1 aromatic carbocycles. The number of halogens is 1. The first-order chi connectivity index (χ1) is 11.7. The summed E-state index contributed by atoms with van der Waals surface area (Å²) in [6, 6.07) is 9.09. The molecular formula is C21H31FN2. The van der Waals surface area contributed by atoms with Crippen LogP contribution in [-0.2, 0) is 6.42 Å². The lowest BCUT2D eigenvalue weighted by molar-refractivity contribution is 0.0729. The second-order valence-corrected chi connectivity index (χ2v) is 8.46. The Morgan fingerprint density at radius 3 is 2.29 bits per heavy atom. The number of nitrogens with two attached hydrogens (primary N) is 1. The topological polar surface area (TPSA) is 29.3 Å². The molecule has 3 fully saturated rings. The molecule has 2 unspecified atom stereocenters. The van der Waals surface area contributed by atoms with Crippen LogP contribution in [0.25, 0.3) is 0 Å². The minimum Gasteiger partial charge on any atom is -0.327 e. The summed E-state index contributed by atoms with van der Waals surface area (Å²) in [6.45, 7) is 1.24. The SMILES string of the molecule is N[C@@H]1CCCC[C@H]1CN1C2CCC1CC(Cc1ccc(F)cc1)C2. The van der Waals surface area contributed by atoms with Gasteiger partial charge in [0.15, 0.2) is 0 Å². The second kappa shape index (κ2) is 7.13. The quantitative estimate of drug-likeness (QED) is 0.899. The third-order valence-electron chi connectivity index (χ3n) is 6.83. The number of fused-ring (bicyclic) bond motifs is 2. The first kappa shape index (κ1) is 16.5. The van der Waals surface area contributed by atoms with Crippen LogP contribution in [0.1, 0.15) is 56.9 Å². The van der Waals surface area contributed by atoms with E-state index < -0.39 is 0 Å². The Hall–Kier alpha value is -0.930. The molecule has 132 valence electrons. The van der Waals surface area contributed by atoms with Crippen molar-refractivity contribution in [2.45, 2.75) is 75.9 Å². The molecule has 3 heteroatoms. The summed E-state index contributed by atoms with van der Waals surface area (Å²) in [6.07, 6.45) is 11.7. The Labute approximate surface area is 145 Å². The highest BCUT2D eigenvalue weighted by atomic mass is 19.1. The molecule has 2 heterocycles. The predicted molar refractivity (Wildman–Crippen MR) is 96.3 cm³/mol. The van der Waals surface area contributed by atoms with E-state index in [0.29, 0.717) is 6.04 Å². The zero-order chi connectivity index (χ0) is 16.5. The van der Waals surface area contributed by atoms with Gasteiger partial charge in [0.2, 0.25) is 0 Å². The monoisotopic (exact) mass is 330 g/mol. The molecule has 2 N–H and O–H groups in total. The summed E-state index contributed by atoms with van der Waals surface area (Å²) >= 11 is 0. The molecule has 0 radical (unpaired) electrons. The van der Waals surface area contributed by atoms with Crippen molar-refractivity contribution in [1.29, 1.82) is 0 Å². The van der Waals surface area contributed by atoms with Gasteiger partial charge in [0.25, 0.3) is 0 Å². The maximum atomic E-state index is 13.1. The van der Waals surface area contributed by atoms with E-state index >= 15 is 0 Å². The Balaban J connectivity index is 1.35. The number of hydrogen-bond donors (Lipinski definition) is 1. The van der Waals surface area contributed by atoms with Crippen LogP contribution in [0.15, 0.2) is 24.3 Å². The predicted octanol–water partition coefficient (Wildman–Crippen LogP) is 4.13. The van der Waals surface area contributed by atoms with E-state index in [2.05, 4.69) is 4.90 Å². The molecule has 3 aliphatic rings. The molecule has 0 aromatic heterocycles. The van der Waals surface area contributed by atoms with E-state index in [1.807, 2.05) is 12.1 Å². The van der Waals surface area contributed by atoms with Gasteiger partial charge in [0.1, 0.15) is 5.82 Å². The second-order valence-electron chi connectivity index (χ2n) is 8.46. The molecule has 2 saturated heterocycles. The molecule has 0 spiro atoms. The van der Waals surface area contributed by atoms with E-state index in [4.69, 9.17) is 5.73 Å². The Morgan fingerprint density at radius 1 is 0.958 bits per heavy atom. The van der Waals surface area contributed by atoms with Crippen LogP contribution in [0.3, 0.4) is 0 Å². The average molecular weight is 330 g/mol. The summed E-state index contributed by atoms with van der Waals surface area (Å²) in [5, 5.41) is 0. The lowest BCUT2D eigenvalue weighted by Gasteiger charge is -2.42. The van der Waals surface area contributed by atoms with Crippen LogP contribution in [0.5, 0.6) is 0 Å². The van der Waals surface area contributed by atoms with E-state index in [1.165, 1.54) is 63.5 Å². The van der Waals surface area contributed by atoms with Crippen molar-refractivity contribution in [3.8, 4) is 0 Å². The molecule has 4 rings (SSSR count). The van der Waals surface area contributed by atoms with Crippen molar-refractivity contribution in [3.05, 3.63) is 35.6 Å². The average Bonchev–Trinajstić information content (AvgIpc) is 2.81. The highest BCUT2D eigenvalue weighted by Gasteiger charge is 2.41. The van der Waals surface area contributed by atoms with Crippen molar-refractivity contribution < 1.29 is 4.39 Å². The van der Waals surface area contributed by atoms with E-state index in [-0.39, 0.29) is 5.82 Å². The number of rotatable bonds is 4. The minimum atomic E-state index is -0.127. The lowest BCUT2D eigenvalue weighted by atomic mass is 9.82. The smallest absolute Gasteiger partial charge is 0.123 e. The maximum Gasteiger partial charge on any atom is 0.123 e. The Morgan fingerprint density at radius 2 is 1.62 bits per heavy atom. The molecule has 0 amide bonds. The third-order valence-corrected chi connectivity index (χ3v) is 6.83. The first-order valence-electron chi connectivity index (χ1n) is 9.95. The van der Waals surface area contributed by atoms with Gasteiger partial charge in [-0.3, -0.25) is 4.90 Å². The highest BCUT2D eigenvalue weighted by Crippen LogP contribution is 2.41. The number of hydrogen-bond acceptors (Lipinski definition) is 2. The molecule has 1 saturated carbocycles. The fourth-order valence-corrected chi connectivity index (χ4v) is 5.54. The number of benzene rings is 1. The van der Waals surface area contributed by atoms with E-state index in [0.717, 1.165) is 30.3 Å². The van der Waals surface area contributed by atoms with Gasteiger partial charge in [-0.1, -0.05) is 25.0 Å². The molecule has 2 bridgehead atoms. The van der Waals surface area contributed by atoms with E-state index in [9.17, 15) is 4.39 Å². The summed E-state index contributed by atoms with van der Waals surface area (Å²) in [5.74, 6) is 1.36. The molecule has 2 nitrogen and oxygen atoms in total. The zero-order valence-electron chi connectivity index (χ0n) is 14.7. The fourth-order valence-electron chi connectivity index (χ4n) is 5.54. The van der Waals surface area contributed by atoms with Crippen LogP contribution in [0.4, 0.5) is 4.39 Å². The van der Waals surface area contributed by atoms with Gasteiger partial charge in [-0.15, -0.1) is 0 Å². The van der Waals surface area contributed by atoms with Gasteiger partial charge in [0, 0.05) is 24.7 Å². The largest absolute Gasteiger partial charge is 0.327 e. The molecule has 1 aromatic rings. The van der Waals surface area contributed by atoms with Gasteiger partial charge in [-0.05, 0) is 74.5 Å². The summed E-state index contributed by atoms with van der Waals surface area (Å²) in [5.41, 5.74) is 7.69. The summed E-state index contributed by atoms with van der Waals surface area (Å²) in [4.78, 5) is 2.82. The van der Waals surface area contributed by atoms with Crippen LogP contribution in [0.2, 0.25) is 0 Å². The fraction of sp³-hybridized carbons (Fsp3) is 0.714. The first-order valence-corrected chi connectivity index (χ1v) is 9.95. The number of nitrogens with zero attached hydrogens (tertiary/aromatic N) is 1. The van der Waals surface area contributed by atoms with Gasteiger partial charge in [0.05, 0.1) is 0 Å². The van der Waals surface area contributed by atoms with Crippen molar-refractivity contribution >= 4 is 0 Å². The minimum absolute atomic E-state index is 0.127. The maximum absolute atomic E-state index is 13.1. The van der Waals surface area contributed by atoms with Crippen molar-refractivity contribution in [2.75, 3.05) is 6.54 Å². The summed E-state index contributed by atoms with van der Waals surface area (Å²) < 4.78 is 13.1. The van der Waals surface area contributed by atoms with Gasteiger partial charge >= 0.3 is 0 Å². The molecule has 24 heavy (non-hydrogen) atoms. The Bertz CT molecular complexity index is 529. The lowest BCUT2D eigenvalue weighted by Crippen LogP contribution is -2.49. The van der Waals surface area contributed by atoms with Gasteiger partial charge in [-0.25, -0.2) is 4.39 Å². The normalized spacial score (nSPS) is 36.8. The highest BCUT2D eigenvalue weighted by molar-refractivity contribution is 5.17. The van der Waals surface area contributed by atoms with Crippen LogP contribution < -0.4 is 5.73 Å². The van der Waals surface area contributed by atoms with Crippen molar-refractivity contribution in [1.82, 2.24) is 4.90 Å². The van der Waals surface area contributed by atoms with Gasteiger partial charge in [-0.2, -0.15) is 0 Å². The molecular weight excluding hydrogens is 299 g/mol. The number of piperidine rings is 1. The van der Waals surface area contributed by atoms with Gasteiger partial charge < -0.3 is 5.73 Å². The van der Waals surface area contributed by atoms with Crippen LogP contribution in [-0.4, -0.2) is 29.6 Å². The van der Waals surface area contributed by atoms with Crippen LogP contribution >= 0.6 is 0 Å². The summed E-state index contributed by atoms with van der Waals surface area (Å²) in [7, 11) is 0. The zero-order valence-corrected chi connectivity index (χ0v) is 14.7. The Kier molecular flexibility index (Phi) is 4.91.